The molecule has 6 rings (SSSR count). The van der Waals surface area contributed by atoms with Gasteiger partial charge in [-0.1, -0.05) is 0 Å². The number of nitrogens with two attached hydrogens (primary N) is 4. The second-order valence-electron chi connectivity index (χ2n) is 14.7. The number of ether oxygens (including phenoxy) is 1. The van der Waals surface area contributed by atoms with E-state index in [4.69, 9.17) is 27.7 Å². The van der Waals surface area contributed by atoms with E-state index in [9.17, 15) is 9.59 Å². The number of aromatic amines is 2. The van der Waals surface area contributed by atoms with Crippen LogP contribution in [0.4, 0.5) is 17.7 Å². The number of hydrogen-bond donors (Lipinski definition) is 8. The zero-order valence-electron chi connectivity index (χ0n) is 31.2. The first-order chi connectivity index (χ1) is 24.3. The van der Waals surface area contributed by atoms with Gasteiger partial charge in [0, 0.05) is 33.9 Å². The van der Waals surface area contributed by atoms with Gasteiger partial charge in [-0.15, -0.1) is 0 Å². The van der Waals surface area contributed by atoms with Gasteiger partial charge in [-0.25, -0.2) is 14.8 Å². The third-order valence-electron chi connectivity index (χ3n) is 7.47. The minimum atomic E-state index is -0.288. The molecule has 0 atom stereocenters. The van der Waals surface area contributed by atoms with Crippen molar-refractivity contribution in [2.75, 3.05) is 36.4 Å². The first-order valence-corrected chi connectivity index (χ1v) is 16.5. The molecule has 0 aliphatic rings. The van der Waals surface area contributed by atoms with Crippen LogP contribution < -0.4 is 44.8 Å². The van der Waals surface area contributed by atoms with Crippen LogP contribution in [0, 0.1) is 0 Å². The number of nitrogens with zero attached hydrogens (tertiary/aromatic N) is 9. The molecule has 0 spiro atoms. The van der Waals surface area contributed by atoms with E-state index in [0.29, 0.717) is 52.3 Å². The molecule has 6 aromatic heterocycles. The lowest BCUT2D eigenvalue weighted by molar-refractivity contribution is 0.125. The highest BCUT2D eigenvalue weighted by atomic mass is 16.5. The molecule has 0 saturated carbocycles. The summed E-state index contributed by atoms with van der Waals surface area (Å²) in [5, 5.41) is 6.51. The summed E-state index contributed by atoms with van der Waals surface area (Å²) in [6.45, 7) is 19.2. The highest BCUT2D eigenvalue weighted by Crippen LogP contribution is 2.24. The zero-order valence-corrected chi connectivity index (χ0v) is 31.2. The third-order valence-corrected chi connectivity index (χ3v) is 7.47. The van der Waals surface area contributed by atoms with Gasteiger partial charge in [-0.05, 0) is 68.4 Å². The van der Waals surface area contributed by atoms with Crippen LogP contribution >= 0.6 is 0 Å². The fourth-order valence-corrected chi connectivity index (χ4v) is 4.94. The molecule has 0 aromatic carbocycles. The molecule has 0 radical (unpaired) electrons. The van der Waals surface area contributed by atoms with Crippen LogP contribution in [0.3, 0.4) is 0 Å². The molecule has 0 aliphatic heterocycles. The molecule has 20 heteroatoms. The normalized spacial score (nSPS) is 12.1. The van der Waals surface area contributed by atoms with Gasteiger partial charge in [-0.3, -0.25) is 14.3 Å². The number of hydrogen-bond acceptors (Lipinski definition) is 15. The first-order valence-electron chi connectivity index (χ1n) is 16.5. The number of fused-ring (bicyclic) bond motifs is 3. The summed E-state index contributed by atoms with van der Waals surface area (Å²) in [6, 6.07) is 1.92. The number of rotatable bonds is 7. The van der Waals surface area contributed by atoms with E-state index in [2.05, 4.69) is 71.3 Å². The van der Waals surface area contributed by atoms with Crippen LogP contribution in [0.1, 0.15) is 68.0 Å². The van der Waals surface area contributed by atoms with Crippen molar-refractivity contribution >= 4 is 51.1 Å². The summed E-state index contributed by atoms with van der Waals surface area (Å²) in [6.07, 6.45) is 5.16. The molecule has 282 valence electrons. The number of aromatic nitrogens is 11. The van der Waals surface area contributed by atoms with Crippen LogP contribution in [0.15, 0.2) is 34.5 Å². The lowest BCUT2D eigenvalue weighted by Crippen LogP contribution is -2.34. The van der Waals surface area contributed by atoms with Gasteiger partial charge in [0.15, 0.2) is 22.6 Å². The molecule has 0 bridgehead atoms. The van der Waals surface area contributed by atoms with Gasteiger partial charge >= 0.3 is 5.69 Å². The monoisotopic (exact) mass is 721 g/mol. The van der Waals surface area contributed by atoms with Crippen LogP contribution in [0.25, 0.3) is 33.4 Å². The summed E-state index contributed by atoms with van der Waals surface area (Å²) >= 11 is 0. The number of H-pyrrole nitrogens is 2. The van der Waals surface area contributed by atoms with Gasteiger partial charge < -0.3 is 52.4 Å². The van der Waals surface area contributed by atoms with Gasteiger partial charge in [-0.2, -0.15) is 19.9 Å². The highest BCUT2D eigenvalue weighted by Gasteiger charge is 2.21. The minimum Gasteiger partial charge on any atom is -0.382 e. The predicted molar refractivity (Wildman–Crippen MR) is 202 cm³/mol. The Kier molecular flexibility index (Phi) is 11.7. The second kappa shape index (κ2) is 15.4. The molecule has 12 N–H and O–H groups in total. The summed E-state index contributed by atoms with van der Waals surface area (Å²) < 4.78 is 10.6. The van der Waals surface area contributed by atoms with E-state index in [1.807, 2.05) is 62.9 Å². The Morgan fingerprint density at radius 2 is 1.33 bits per heavy atom. The van der Waals surface area contributed by atoms with E-state index >= 15 is 0 Å². The first kappa shape index (κ1) is 39.3. The zero-order chi connectivity index (χ0) is 38.6. The minimum absolute atomic E-state index is 0.116. The van der Waals surface area contributed by atoms with E-state index < -0.39 is 0 Å². The maximum Gasteiger partial charge on any atom is 0.350 e. The smallest absolute Gasteiger partial charge is 0.350 e. The van der Waals surface area contributed by atoms with Crippen molar-refractivity contribution in [2.24, 2.45) is 17.2 Å². The number of nitrogen functional groups attached to an aromatic ring is 1. The van der Waals surface area contributed by atoms with Crippen molar-refractivity contribution in [1.82, 2.24) is 53.6 Å². The van der Waals surface area contributed by atoms with Gasteiger partial charge in [0.1, 0.15) is 11.2 Å². The Morgan fingerprint density at radius 3 is 1.88 bits per heavy atom. The van der Waals surface area contributed by atoms with Crippen LogP contribution in [0.5, 0.6) is 0 Å². The molecule has 6 aromatic rings. The molecule has 0 aliphatic carbocycles. The number of nitrogens with one attached hydrogen (secondary N) is 4. The Hall–Kier alpha value is -5.44. The van der Waals surface area contributed by atoms with Crippen LogP contribution in [0.2, 0.25) is 0 Å². The second-order valence-corrected chi connectivity index (χ2v) is 14.7. The maximum atomic E-state index is 11.9. The Morgan fingerprint density at radius 1 is 0.750 bits per heavy atom. The summed E-state index contributed by atoms with van der Waals surface area (Å²) in [7, 11) is 0. The molecular formula is C32H51N17O3. The fourth-order valence-electron chi connectivity index (χ4n) is 4.94. The molecule has 20 nitrogen and oxygen atoms in total. The Labute approximate surface area is 299 Å². The van der Waals surface area contributed by atoms with Crippen molar-refractivity contribution in [3.63, 3.8) is 0 Å². The summed E-state index contributed by atoms with van der Waals surface area (Å²) in [5.41, 5.74) is 24.4. The van der Waals surface area contributed by atoms with E-state index in [1.165, 1.54) is 0 Å². The number of anilines is 3. The van der Waals surface area contributed by atoms with Crippen molar-refractivity contribution in [2.45, 2.75) is 85.5 Å². The average Bonchev–Trinajstić information content (AvgIpc) is 3.77. The summed E-state index contributed by atoms with van der Waals surface area (Å²) in [4.78, 5) is 54.4. The lowest BCUT2D eigenvalue weighted by atomic mass is 10.1. The Bertz CT molecular complexity index is 2240. The van der Waals surface area contributed by atoms with E-state index in [-0.39, 0.29) is 47.9 Å². The molecule has 0 unspecified atom stereocenters. The molecule has 0 saturated heterocycles. The van der Waals surface area contributed by atoms with Gasteiger partial charge in [0.25, 0.3) is 5.56 Å². The van der Waals surface area contributed by atoms with Gasteiger partial charge in [0.2, 0.25) is 11.9 Å². The van der Waals surface area contributed by atoms with E-state index in [1.54, 1.807) is 17.2 Å². The SMILES string of the molecule is CC(C)(C)n1cc2cc(COCN)[nH]c2nc1=O.CC(C)(C)n1cnc2c(=O)[nH]c(NCN)nc21.CC(C)(C)n1cnc2c(N)nc(NCN)nc21. The van der Waals surface area contributed by atoms with Crippen molar-refractivity contribution in [3.8, 4) is 0 Å². The lowest BCUT2D eigenvalue weighted by Gasteiger charge is -2.21. The average molecular weight is 722 g/mol. The number of imidazole rings is 2. The van der Waals surface area contributed by atoms with E-state index in [0.717, 1.165) is 11.1 Å². The topological polar surface area (TPSA) is 295 Å². The molecule has 0 amide bonds. The quantitative estimate of drug-likeness (QED) is 0.109. The largest absolute Gasteiger partial charge is 0.382 e. The van der Waals surface area contributed by atoms with Crippen LogP contribution in [-0.2, 0) is 28.0 Å². The Balaban J connectivity index is 0.000000175. The molecule has 6 heterocycles. The van der Waals surface area contributed by atoms with Crippen molar-refractivity contribution < 1.29 is 4.74 Å². The highest BCUT2D eigenvalue weighted by molar-refractivity contribution is 5.83. The third kappa shape index (κ3) is 9.07. The van der Waals surface area contributed by atoms with Crippen molar-refractivity contribution in [3.05, 3.63) is 51.4 Å². The molecular weight excluding hydrogens is 670 g/mol. The summed E-state index contributed by atoms with van der Waals surface area (Å²) in [5.74, 6) is 1.13. The predicted octanol–water partition coefficient (Wildman–Crippen LogP) is 1.61. The van der Waals surface area contributed by atoms with Gasteiger partial charge in [0.05, 0.1) is 39.3 Å². The molecule has 52 heavy (non-hydrogen) atoms. The maximum absolute atomic E-state index is 11.9. The van der Waals surface area contributed by atoms with Crippen LogP contribution in [-0.4, -0.2) is 73.6 Å². The molecule has 0 fully saturated rings. The fraction of sp³-hybridized carbons (Fsp3) is 0.500. The van der Waals surface area contributed by atoms with Crippen molar-refractivity contribution in [1.29, 1.82) is 0 Å². The standard InChI is InChI=1S/C12H18N4O2.C10H17N7.C10H16N6O/c1-12(2,3)16-5-8-4-9(6-18-7-13)14-10(8)15-11(16)17;1-10(2,3)17-5-14-6-7(12)15-9(13-4-11)16-8(6)17;1-10(2,3)16-5-13-6-7(16)14-9(12-4-11)15-8(6)17/h4-5H,6-7,13H2,1-3H3,(H,14,15,17);5H,4,11H2,1-3H3,(H3,12,13,15,16);5H,4,11H2,1-3H3,(H2,12,14,15,17).